The molecule has 2 heteroatoms. The van der Waals surface area contributed by atoms with Gasteiger partial charge in [-0.1, -0.05) is 49.6 Å². The van der Waals surface area contributed by atoms with E-state index in [0.29, 0.717) is 11.7 Å². The quantitative estimate of drug-likeness (QED) is 0.885. The number of benzene rings is 1. The van der Waals surface area contributed by atoms with Gasteiger partial charge in [-0.25, -0.2) is 0 Å². The lowest BCUT2D eigenvalue weighted by Crippen LogP contribution is -2.46. The van der Waals surface area contributed by atoms with Crippen LogP contribution in [-0.2, 0) is 4.79 Å². The smallest absolute Gasteiger partial charge is 0.138 e. The topological polar surface area (TPSA) is 29.1 Å². The molecule has 20 heavy (non-hydrogen) atoms. The number of carbonyl (C=O) groups excluding carboxylic acids is 1. The SMILES string of the molecule is CNC1(CC(=O)C2CC2c2ccccc2)CCCCC1. The third-order valence-electron chi connectivity index (χ3n) is 5.29. The molecule has 2 saturated carbocycles. The third-order valence-corrected chi connectivity index (χ3v) is 5.29. The molecule has 0 saturated heterocycles. The van der Waals surface area contributed by atoms with Crippen molar-refractivity contribution in [2.75, 3.05) is 7.05 Å². The van der Waals surface area contributed by atoms with Crippen LogP contribution in [0.1, 0.15) is 56.4 Å². The summed E-state index contributed by atoms with van der Waals surface area (Å²) in [5, 5.41) is 3.46. The molecule has 1 N–H and O–H groups in total. The van der Waals surface area contributed by atoms with Gasteiger partial charge in [0, 0.05) is 17.9 Å². The Bertz CT molecular complexity index is 462. The zero-order valence-corrected chi connectivity index (χ0v) is 12.4. The van der Waals surface area contributed by atoms with Gasteiger partial charge in [-0.05, 0) is 37.8 Å². The molecule has 0 spiro atoms. The molecule has 0 radical (unpaired) electrons. The second-order valence-corrected chi connectivity index (χ2v) is 6.59. The van der Waals surface area contributed by atoms with E-state index in [9.17, 15) is 4.79 Å². The number of carbonyl (C=O) groups is 1. The highest BCUT2D eigenvalue weighted by Crippen LogP contribution is 2.49. The maximum absolute atomic E-state index is 12.6. The minimum Gasteiger partial charge on any atom is -0.314 e. The van der Waals surface area contributed by atoms with Crippen molar-refractivity contribution in [3.05, 3.63) is 35.9 Å². The highest BCUT2D eigenvalue weighted by atomic mass is 16.1. The zero-order valence-electron chi connectivity index (χ0n) is 12.4. The number of hydrogen-bond acceptors (Lipinski definition) is 2. The number of rotatable bonds is 5. The Hall–Kier alpha value is -1.15. The van der Waals surface area contributed by atoms with E-state index in [1.807, 2.05) is 13.1 Å². The second-order valence-electron chi connectivity index (χ2n) is 6.59. The average Bonchev–Trinajstić information content (AvgIpc) is 3.30. The van der Waals surface area contributed by atoms with Crippen LogP contribution in [0.25, 0.3) is 0 Å². The normalized spacial score (nSPS) is 28.1. The largest absolute Gasteiger partial charge is 0.314 e. The average molecular weight is 271 g/mol. The summed E-state index contributed by atoms with van der Waals surface area (Å²) in [6.07, 6.45) is 7.98. The molecule has 2 unspecified atom stereocenters. The standard InChI is InChI=1S/C18H25NO/c1-19-18(10-6-3-7-11-18)13-17(20)16-12-15(16)14-8-4-2-5-9-14/h2,4-5,8-9,15-16,19H,3,6-7,10-13H2,1H3. The Kier molecular flexibility index (Phi) is 3.93. The molecule has 0 amide bonds. The van der Waals surface area contributed by atoms with Crippen molar-refractivity contribution in [2.24, 2.45) is 5.92 Å². The summed E-state index contributed by atoms with van der Waals surface area (Å²) in [6.45, 7) is 0. The Morgan fingerprint density at radius 1 is 1.20 bits per heavy atom. The van der Waals surface area contributed by atoms with Crippen molar-refractivity contribution >= 4 is 5.78 Å². The Balaban J connectivity index is 1.60. The van der Waals surface area contributed by atoms with Crippen LogP contribution < -0.4 is 5.32 Å². The molecular formula is C18H25NO. The molecule has 2 aliphatic rings. The van der Waals surface area contributed by atoms with E-state index < -0.39 is 0 Å². The van der Waals surface area contributed by atoms with Gasteiger partial charge in [-0.15, -0.1) is 0 Å². The lowest BCUT2D eigenvalue weighted by Gasteiger charge is -2.36. The number of hydrogen-bond donors (Lipinski definition) is 1. The lowest BCUT2D eigenvalue weighted by molar-refractivity contribution is -0.122. The summed E-state index contributed by atoms with van der Waals surface area (Å²) in [7, 11) is 2.03. The van der Waals surface area contributed by atoms with E-state index in [4.69, 9.17) is 0 Å². The van der Waals surface area contributed by atoms with E-state index in [-0.39, 0.29) is 11.5 Å². The number of ketones is 1. The van der Waals surface area contributed by atoms with Crippen LogP contribution in [0.4, 0.5) is 0 Å². The fourth-order valence-corrected chi connectivity index (χ4v) is 3.83. The van der Waals surface area contributed by atoms with Gasteiger partial charge >= 0.3 is 0 Å². The summed E-state index contributed by atoms with van der Waals surface area (Å²) < 4.78 is 0. The van der Waals surface area contributed by atoms with Crippen LogP contribution in [0.15, 0.2) is 30.3 Å². The van der Waals surface area contributed by atoms with E-state index in [0.717, 1.165) is 25.7 Å². The summed E-state index contributed by atoms with van der Waals surface area (Å²) in [6, 6.07) is 10.5. The Morgan fingerprint density at radius 3 is 2.55 bits per heavy atom. The van der Waals surface area contributed by atoms with Gasteiger partial charge in [-0.3, -0.25) is 4.79 Å². The first-order valence-electron chi connectivity index (χ1n) is 8.01. The number of Topliss-reactive ketones (excluding diaryl/α,β-unsaturated/α-hetero) is 1. The first-order chi connectivity index (χ1) is 9.74. The maximum atomic E-state index is 12.6. The van der Waals surface area contributed by atoms with Crippen LogP contribution in [0.3, 0.4) is 0 Å². The fourth-order valence-electron chi connectivity index (χ4n) is 3.83. The first kappa shape index (κ1) is 13.8. The highest BCUT2D eigenvalue weighted by Gasteiger charge is 2.46. The van der Waals surface area contributed by atoms with E-state index in [1.54, 1.807) is 0 Å². The van der Waals surface area contributed by atoms with Crippen molar-refractivity contribution in [3.8, 4) is 0 Å². The van der Waals surface area contributed by atoms with Crippen molar-refractivity contribution in [3.63, 3.8) is 0 Å². The maximum Gasteiger partial charge on any atom is 0.138 e. The predicted octanol–water partition coefficient (Wildman–Crippen LogP) is 3.67. The van der Waals surface area contributed by atoms with Crippen LogP contribution in [-0.4, -0.2) is 18.4 Å². The van der Waals surface area contributed by atoms with Crippen molar-refractivity contribution in [1.29, 1.82) is 0 Å². The summed E-state index contributed by atoms with van der Waals surface area (Å²) in [4.78, 5) is 12.6. The van der Waals surface area contributed by atoms with Crippen molar-refractivity contribution < 1.29 is 4.79 Å². The summed E-state index contributed by atoms with van der Waals surface area (Å²) >= 11 is 0. The van der Waals surface area contributed by atoms with Crippen molar-refractivity contribution in [2.45, 2.75) is 56.4 Å². The van der Waals surface area contributed by atoms with Gasteiger partial charge in [0.2, 0.25) is 0 Å². The first-order valence-corrected chi connectivity index (χ1v) is 8.01. The van der Waals surface area contributed by atoms with Gasteiger partial charge in [0.25, 0.3) is 0 Å². The van der Waals surface area contributed by atoms with Gasteiger partial charge in [0.05, 0.1) is 0 Å². The molecule has 1 aromatic rings. The van der Waals surface area contributed by atoms with Crippen LogP contribution in [0.5, 0.6) is 0 Å². The summed E-state index contributed by atoms with van der Waals surface area (Å²) in [5.74, 6) is 1.25. The predicted molar refractivity (Wildman–Crippen MR) is 81.8 cm³/mol. The minimum absolute atomic E-state index is 0.0964. The fraction of sp³-hybridized carbons (Fsp3) is 0.611. The molecule has 0 aliphatic heterocycles. The van der Waals surface area contributed by atoms with Gasteiger partial charge in [0.1, 0.15) is 5.78 Å². The van der Waals surface area contributed by atoms with E-state index >= 15 is 0 Å². The molecule has 0 bridgehead atoms. The van der Waals surface area contributed by atoms with Gasteiger partial charge < -0.3 is 5.32 Å². The minimum atomic E-state index is 0.0964. The Labute approximate surface area is 122 Å². The lowest BCUT2D eigenvalue weighted by atomic mass is 9.77. The highest BCUT2D eigenvalue weighted by molar-refractivity contribution is 5.86. The summed E-state index contributed by atoms with van der Waals surface area (Å²) in [5.41, 5.74) is 1.44. The van der Waals surface area contributed by atoms with Gasteiger partial charge in [0.15, 0.2) is 0 Å². The monoisotopic (exact) mass is 271 g/mol. The molecule has 2 nitrogen and oxygen atoms in total. The molecule has 0 aromatic heterocycles. The van der Waals surface area contributed by atoms with E-state index in [2.05, 4.69) is 29.6 Å². The molecule has 108 valence electrons. The molecule has 2 fully saturated rings. The molecule has 1 aromatic carbocycles. The zero-order chi connectivity index (χ0) is 14.0. The molecule has 2 aliphatic carbocycles. The molecule has 0 heterocycles. The van der Waals surface area contributed by atoms with Crippen LogP contribution in [0.2, 0.25) is 0 Å². The molecule has 2 atom stereocenters. The van der Waals surface area contributed by atoms with Crippen LogP contribution in [0, 0.1) is 5.92 Å². The van der Waals surface area contributed by atoms with Crippen LogP contribution >= 0.6 is 0 Å². The number of nitrogens with one attached hydrogen (secondary N) is 1. The second kappa shape index (κ2) is 5.69. The molecular weight excluding hydrogens is 246 g/mol. The van der Waals surface area contributed by atoms with Gasteiger partial charge in [-0.2, -0.15) is 0 Å². The molecule has 3 rings (SSSR count). The van der Waals surface area contributed by atoms with E-state index in [1.165, 1.54) is 24.8 Å². The van der Waals surface area contributed by atoms with Crippen molar-refractivity contribution in [1.82, 2.24) is 5.32 Å². The Morgan fingerprint density at radius 2 is 1.90 bits per heavy atom. The third kappa shape index (κ3) is 2.80.